The van der Waals surface area contributed by atoms with Gasteiger partial charge in [0.05, 0.1) is 11.1 Å². The minimum atomic E-state index is -0.480. The summed E-state index contributed by atoms with van der Waals surface area (Å²) in [4.78, 5) is 16.0. The molecule has 1 aromatic carbocycles. The van der Waals surface area contributed by atoms with Gasteiger partial charge in [-0.05, 0) is 50.5 Å². The number of aryl methyl sites for hydroxylation is 2. The molecular weight excluding hydrogens is 298 g/mol. The van der Waals surface area contributed by atoms with E-state index in [4.69, 9.17) is 10.5 Å². The molecule has 0 saturated carbocycles. The summed E-state index contributed by atoms with van der Waals surface area (Å²) >= 11 is 1.51. The number of thiazole rings is 1. The Balaban J connectivity index is 2.06. The predicted octanol–water partition coefficient (Wildman–Crippen LogP) is 3.89. The first-order valence-electron chi connectivity index (χ1n) is 7.12. The number of nitrogens with one attached hydrogen (secondary N) is 1. The first-order valence-corrected chi connectivity index (χ1v) is 8.00. The SMILES string of the molecule is Cc1cc(Cc2nc(NC(=O)OC(C)C)cs2)c(C)cc1N. The van der Waals surface area contributed by atoms with Crippen LogP contribution in [0.4, 0.5) is 16.3 Å². The first-order chi connectivity index (χ1) is 10.3. The molecule has 0 aliphatic carbocycles. The van der Waals surface area contributed by atoms with Gasteiger partial charge in [0.25, 0.3) is 0 Å². The van der Waals surface area contributed by atoms with Crippen molar-refractivity contribution in [2.24, 2.45) is 0 Å². The molecule has 5 nitrogen and oxygen atoms in total. The molecule has 2 aromatic rings. The third-order valence-electron chi connectivity index (χ3n) is 3.19. The van der Waals surface area contributed by atoms with E-state index in [-0.39, 0.29) is 6.10 Å². The quantitative estimate of drug-likeness (QED) is 0.838. The molecule has 1 heterocycles. The van der Waals surface area contributed by atoms with Crippen LogP contribution in [0.5, 0.6) is 0 Å². The number of nitrogen functional groups attached to an aromatic ring is 1. The molecule has 0 aliphatic rings. The summed E-state index contributed by atoms with van der Waals surface area (Å²) in [5, 5.41) is 5.39. The van der Waals surface area contributed by atoms with Crippen molar-refractivity contribution in [1.29, 1.82) is 0 Å². The van der Waals surface area contributed by atoms with Crippen LogP contribution in [0.2, 0.25) is 0 Å². The van der Waals surface area contributed by atoms with Crippen LogP contribution < -0.4 is 11.1 Å². The monoisotopic (exact) mass is 319 g/mol. The number of nitrogens with zero attached hydrogens (tertiary/aromatic N) is 1. The lowest BCUT2D eigenvalue weighted by Crippen LogP contribution is -2.18. The van der Waals surface area contributed by atoms with Gasteiger partial charge in [-0.3, -0.25) is 5.32 Å². The Bertz CT molecular complexity index is 680. The number of rotatable bonds is 4. The predicted molar refractivity (Wildman–Crippen MR) is 90.5 cm³/mol. The van der Waals surface area contributed by atoms with Gasteiger partial charge in [0.15, 0.2) is 0 Å². The van der Waals surface area contributed by atoms with E-state index in [9.17, 15) is 4.79 Å². The summed E-state index contributed by atoms with van der Waals surface area (Å²) < 4.78 is 5.03. The maximum absolute atomic E-state index is 11.5. The molecular formula is C16H21N3O2S. The topological polar surface area (TPSA) is 77.2 Å². The second kappa shape index (κ2) is 6.79. The fourth-order valence-corrected chi connectivity index (χ4v) is 2.80. The number of carbonyl (C=O) groups excluding carboxylic acids is 1. The van der Waals surface area contributed by atoms with E-state index in [1.54, 1.807) is 13.8 Å². The summed E-state index contributed by atoms with van der Waals surface area (Å²) in [5.74, 6) is 0.524. The Hall–Kier alpha value is -2.08. The highest BCUT2D eigenvalue weighted by Crippen LogP contribution is 2.23. The Morgan fingerprint density at radius 2 is 2.09 bits per heavy atom. The third-order valence-corrected chi connectivity index (χ3v) is 4.04. The number of anilines is 2. The maximum atomic E-state index is 11.5. The Labute approximate surface area is 134 Å². The number of nitrogens with two attached hydrogens (primary N) is 1. The molecule has 0 aliphatic heterocycles. The normalized spacial score (nSPS) is 10.8. The van der Waals surface area contributed by atoms with Crippen molar-refractivity contribution < 1.29 is 9.53 Å². The molecule has 0 atom stereocenters. The zero-order valence-electron chi connectivity index (χ0n) is 13.3. The third kappa shape index (κ3) is 4.21. The van der Waals surface area contributed by atoms with Crippen LogP contribution in [-0.4, -0.2) is 17.2 Å². The molecule has 22 heavy (non-hydrogen) atoms. The first kappa shape index (κ1) is 16.3. The zero-order valence-corrected chi connectivity index (χ0v) is 14.1. The molecule has 0 unspecified atom stereocenters. The van der Waals surface area contributed by atoms with Crippen LogP contribution in [0.25, 0.3) is 0 Å². The summed E-state index contributed by atoms with van der Waals surface area (Å²) in [6, 6.07) is 4.07. The lowest BCUT2D eigenvalue weighted by molar-refractivity contribution is 0.130. The molecule has 1 aromatic heterocycles. The number of benzene rings is 1. The van der Waals surface area contributed by atoms with E-state index in [1.807, 2.05) is 25.3 Å². The van der Waals surface area contributed by atoms with Crippen LogP contribution in [0.1, 0.15) is 35.5 Å². The highest BCUT2D eigenvalue weighted by atomic mass is 32.1. The Kier molecular flexibility index (Phi) is 5.03. The largest absolute Gasteiger partial charge is 0.447 e. The Morgan fingerprint density at radius 1 is 1.36 bits per heavy atom. The lowest BCUT2D eigenvalue weighted by atomic mass is 10.0. The van der Waals surface area contributed by atoms with E-state index < -0.39 is 6.09 Å². The highest BCUT2D eigenvalue weighted by Gasteiger charge is 2.10. The number of ether oxygens (including phenoxy) is 1. The van der Waals surface area contributed by atoms with Crippen LogP contribution >= 0.6 is 11.3 Å². The van der Waals surface area contributed by atoms with E-state index in [2.05, 4.69) is 16.4 Å². The molecule has 0 saturated heterocycles. The van der Waals surface area contributed by atoms with Crippen LogP contribution in [-0.2, 0) is 11.2 Å². The summed E-state index contributed by atoms with van der Waals surface area (Å²) in [7, 11) is 0. The van der Waals surface area contributed by atoms with Crippen molar-refractivity contribution in [3.8, 4) is 0 Å². The van der Waals surface area contributed by atoms with Gasteiger partial charge in [-0.2, -0.15) is 0 Å². The summed E-state index contributed by atoms with van der Waals surface area (Å²) in [6.45, 7) is 7.64. The van der Waals surface area contributed by atoms with Crippen LogP contribution in [0, 0.1) is 13.8 Å². The number of hydrogen-bond donors (Lipinski definition) is 2. The van der Waals surface area contributed by atoms with Gasteiger partial charge >= 0.3 is 6.09 Å². The standard InChI is InChI=1S/C16H21N3O2S/c1-9(2)21-16(20)19-14-8-22-15(18-14)7-12-5-11(4)13(17)6-10(12)3/h5-6,8-9H,7,17H2,1-4H3,(H,19,20). The molecule has 118 valence electrons. The van der Waals surface area contributed by atoms with Gasteiger partial charge in [-0.25, -0.2) is 9.78 Å². The van der Waals surface area contributed by atoms with Gasteiger partial charge in [-0.1, -0.05) is 6.07 Å². The van der Waals surface area contributed by atoms with Gasteiger partial charge in [0.2, 0.25) is 0 Å². The maximum Gasteiger partial charge on any atom is 0.413 e. The summed E-state index contributed by atoms with van der Waals surface area (Å²) in [6.07, 6.45) is 0.0864. The minimum absolute atomic E-state index is 0.154. The molecule has 1 amide bonds. The van der Waals surface area contributed by atoms with Crippen molar-refractivity contribution in [2.45, 2.75) is 40.2 Å². The van der Waals surface area contributed by atoms with Gasteiger partial charge in [-0.15, -0.1) is 11.3 Å². The second-order valence-corrected chi connectivity index (χ2v) is 6.46. The van der Waals surface area contributed by atoms with Crippen LogP contribution in [0.15, 0.2) is 17.5 Å². The molecule has 2 rings (SSSR count). The smallest absolute Gasteiger partial charge is 0.413 e. The van der Waals surface area contributed by atoms with E-state index >= 15 is 0 Å². The zero-order chi connectivity index (χ0) is 16.3. The number of hydrogen-bond acceptors (Lipinski definition) is 5. The highest BCUT2D eigenvalue weighted by molar-refractivity contribution is 7.10. The van der Waals surface area contributed by atoms with Crippen molar-refractivity contribution in [3.05, 3.63) is 39.2 Å². The van der Waals surface area contributed by atoms with Crippen molar-refractivity contribution in [3.63, 3.8) is 0 Å². The molecule has 0 spiro atoms. The van der Waals surface area contributed by atoms with Crippen LogP contribution in [0.3, 0.4) is 0 Å². The molecule has 0 radical (unpaired) electrons. The van der Waals surface area contributed by atoms with Crippen molar-refractivity contribution in [1.82, 2.24) is 4.98 Å². The number of carbonyl (C=O) groups is 1. The fraction of sp³-hybridized carbons (Fsp3) is 0.375. The number of amides is 1. The van der Waals surface area contributed by atoms with E-state index in [0.29, 0.717) is 5.82 Å². The average molecular weight is 319 g/mol. The molecule has 0 fully saturated rings. The average Bonchev–Trinajstić information content (AvgIpc) is 2.82. The Morgan fingerprint density at radius 3 is 2.77 bits per heavy atom. The molecule has 3 N–H and O–H groups in total. The minimum Gasteiger partial charge on any atom is -0.447 e. The number of aromatic nitrogens is 1. The second-order valence-electron chi connectivity index (χ2n) is 5.52. The van der Waals surface area contributed by atoms with Gasteiger partial charge in [0.1, 0.15) is 5.82 Å². The van der Waals surface area contributed by atoms with E-state index in [0.717, 1.165) is 28.2 Å². The molecule has 6 heteroatoms. The van der Waals surface area contributed by atoms with Crippen molar-refractivity contribution in [2.75, 3.05) is 11.1 Å². The lowest BCUT2D eigenvalue weighted by Gasteiger charge is -2.08. The van der Waals surface area contributed by atoms with E-state index in [1.165, 1.54) is 16.9 Å². The van der Waals surface area contributed by atoms with Crippen molar-refractivity contribution >= 4 is 28.9 Å². The molecule has 0 bridgehead atoms. The van der Waals surface area contributed by atoms with Gasteiger partial charge < -0.3 is 10.5 Å². The summed E-state index contributed by atoms with van der Waals surface area (Å²) in [5.41, 5.74) is 10.1. The van der Waals surface area contributed by atoms with Gasteiger partial charge in [0, 0.05) is 17.5 Å². The fourth-order valence-electron chi connectivity index (χ4n) is 2.05.